The highest BCUT2D eigenvalue weighted by atomic mass is 16.1. The van der Waals surface area contributed by atoms with E-state index in [-0.39, 0.29) is 5.91 Å². The highest BCUT2D eigenvalue weighted by molar-refractivity contribution is 5.92. The molecule has 0 aromatic heterocycles. The fraction of sp³-hybridized carbons (Fsp3) is 0.750. The van der Waals surface area contributed by atoms with Crippen LogP contribution < -0.4 is 21.3 Å². The molecule has 4 N–H and O–H groups in total. The average molecular weight is 242 g/mol. The fourth-order valence-corrected chi connectivity index (χ4v) is 1.64. The third-order valence-corrected chi connectivity index (χ3v) is 2.34. The molecule has 0 atom stereocenters. The van der Waals surface area contributed by atoms with E-state index in [2.05, 4.69) is 27.8 Å². The standard InChI is InChI=1S/C12H26N4O/c1-6-14-12(15-7-2,16-8-3)9-13-11(17)10(4)5/h14-16H,4,6-9H2,1-3,5H3,(H,13,17). The maximum atomic E-state index is 11.5. The van der Waals surface area contributed by atoms with E-state index < -0.39 is 5.79 Å². The summed E-state index contributed by atoms with van der Waals surface area (Å²) < 4.78 is 0. The molecule has 0 aliphatic heterocycles. The Bertz CT molecular complexity index is 236. The van der Waals surface area contributed by atoms with Gasteiger partial charge in [0.15, 0.2) is 0 Å². The molecule has 0 bridgehead atoms. The second-order valence-electron chi connectivity index (χ2n) is 3.96. The quantitative estimate of drug-likeness (QED) is 0.343. The van der Waals surface area contributed by atoms with Gasteiger partial charge < -0.3 is 5.32 Å². The average Bonchev–Trinajstić information content (AvgIpc) is 2.27. The molecule has 0 aromatic rings. The number of nitrogens with one attached hydrogen (secondary N) is 4. The first-order chi connectivity index (χ1) is 8.01. The van der Waals surface area contributed by atoms with Crippen LogP contribution in [0.5, 0.6) is 0 Å². The van der Waals surface area contributed by atoms with Crippen molar-refractivity contribution in [2.24, 2.45) is 0 Å². The lowest BCUT2D eigenvalue weighted by molar-refractivity contribution is -0.117. The molecule has 0 aliphatic carbocycles. The Morgan fingerprint density at radius 1 is 1.06 bits per heavy atom. The van der Waals surface area contributed by atoms with Crippen LogP contribution in [0.25, 0.3) is 0 Å². The van der Waals surface area contributed by atoms with E-state index in [1.807, 2.05) is 20.8 Å². The third-order valence-electron chi connectivity index (χ3n) is 2.34. The van der Waals surface area contributed by atoms with Gasteiger partial charge in [-0.3, -0.25) is 20.7 Å². The van der Waals surface area contributed by atoms with E-state index in [0.29, 0.717) is 12.1 Å². The fourth-order valence-electron chi connectivity index (χ4n) is 1.64. The lowest BCUT2D eigenvalue weighted by atomic mass is 10.2. The molecule has 0 spiro atoms. The Kier molecular flexibility index (Phi) is 7.78. The Hall–Kier alpha value is -0.910. The van der Waals surface area contributed by atoms with E-state index in [0.717, 1.165) is 19.6 Å². The zero-order valence-corrected chi connectivity index (χ0v) is 11.4. The van der Waals surface area contributed by atoms with Gasteiger partial charge in [-0.2, -0.15) is 0 Å². The Balaban J connectivity index is 4.53. The van der Waals surface area contributed by atoms with E-state index in [1.165, 1.54) is 0 Å². The lowest BCUT2D eigenvalue weighted by Crippen LogP contribution is -2.71. The highest BCUT2D eigenvalue weighted by Gasteiger charge is 2.27. The van der Waals surface area contributed by atoms with Gasteiger partial charge in [0.05, 0.1) is 6.54 Å². The molecule has 5 nitrogen and oxygen atoms in total. The highest BCUT2D eigenvalue weighted by Crippen LogP contribution is 1.95. The summed E-state index contributed by atoms with van der Waals surface area (Å²) >= 11 is 0. The van der Waals surface area contributed by atoms with Crippen molar-refractivity contribution in [3.05, 3.63) is 12.2 Å². The Morgan fingerprint density at radius 3 is 1.76 bits per heavy atom. The molecule has 1 amide bonds. The number of amides is 1. The zero-order chi connectivity index (χ0) is 13.3. The van der Waals surface area contributed by atoms with Gasteiger partial charge in [-0.25, -0.2) is 0 Å². The zero-order valence-electron chi connectivity index (χ0n) is 11.4. The maximum absolute atomic E-state index is 11.5. The second-order valence-corrected chi connectivity index (χ2v) is 3.96. The molecule has 0 unspecified atom stereocenters. The molecule has 0 saturated carbocycles. The van der Waals surface area contributed by atoms with Gasteiger partial charge >= 0.3 is 0 Å². The van der Waals surface area contributed by atoms with Crippen molar-refractivity contribution in [3.8, 4) is 0 Å². The molecular weight excluding hydrogens is 216 g/mol. The second kappa shape index (κ2) is 8.22. The minimum atomic E-state index is -0.455. The van der Waals surface area contributed by atoms with Crippen molar-refractivity contribution in [2.45, 2.75) is 33.5 Å². The van der Waals surface area contributed by atoms with Gasteiger partial charge in [0.2, 0.25) is 5.91 Å². The normalized spacial score (nSPS) is 11.3. The van der Waals surface area contributed by atoms with Crippen LogP contribution in [-0.4, -0.2) is 37.9 Å². The summed E-state index contributed by atoms with van der Waals surface area (Å²) in [5.41, 5.74) is 0.517. The first-order valence-electron chi connectivity index (χ1n) is 6.20. The van der Waals surface area contributed by atoms with Crippen molar-refractivity contribution < 1.29 is 4.79 Å². The van der Waals surface area contributed by atoms with Crippen LogP contribution >= 0.6 is 0 Å². The van der Waals surface area contributed by atoms with Crippen LogP contribution in [0.3, 0.4) is 0 Å². The summed E-state index contributed by atoms with van der Waals surface area (Å²) in [6, 6.07) is 0. The number of rotatable bonds is 9. The van der Waals surface area contributed by atoms with Crippen LogP contribution in [0.2, 0.25) is 0 Å². The summed E-state index contributed by atoms with van der Waals surface area (Å²) in [6.45, 7) is 14.3. The van der Waals surface area contributed by atoms with E-state index in [1.54, 1.807) is 6.92 Å². The molecule has 17 heavy (non-hydrogen) atoms. The molecule has 0 rings (SSSR count). The molecule has 0 aromatic carbocycles. The van der Waals surface area contributed by atoms with Crippen LogP contribution in [0, 0.1) is 0 Å². The van der Waals surface area contributed by atoms with Gasteiger partial charge in [0.1, 0.15) is 5.79 Å². The van der Waals surface area contributed by atoms with Crippen LogP contribution in [0.15, 0.2) is 12.2 Å². The van der Waals surface area contributed by atoms with E-state index in [9.17, 15) is 4.79 Å². The summed E-state index contributed by atoms with van der Waals surface area (Å²) in [6.07, 6.45) is 0. The van der Waals surface area contributed by atoms with Crippen LogP contribution in [-0.2, 0) is 4.79 Å². The molecule has 100 valence electrons. The predicted octanol–water partition coefficient (Wildman–Crippen LogP) is 0.161. The van der Waals surface area contributed by atoms with Crippen molar-refractivity contribution in [2.75, 3.05) is 26.2 Å². The summed E-state index contributed by atoms with van der Waals surface area (Å²) in [5, 5.41) is 12.8. The largest absolute Gasteiger partial charge is 0.348 e. The topological polar surface area (TPSA) is 65.2 Å². The Labute approximate surface area is 104 Å². The number of carbonyl (C=O) groups is 1. The van der Waals surface area contributed by atoms with Crippen molar-refractivity contribution in [1.82, 2.24) is 21.3 Å². The SMILES string of the molecule is C=C(C)C(=O)NCC(NCC)(NCC)NCC. The summed E-state index contributed by atoms with van der Waals surface area (Å²) in [5.74, 6) is -0.577. The van der Waals surface area contributed by atoms with E-state index >= 15 is 0 Å². The van der Waals surface area contributed by atoms with Crippen LogP contribution in [0.1, 0.15) is 27.7 Å². The number of likely N-dealkylation sites (N-methyl/N-ethyl adjacent to an activating group) is 3. The number of hydrogen-bond donors (Lipinski definition) is 4. The molecule has 5 heteroatoms. The van der Waals surface area contributed by atoms with Crippen molar-refractivity contribution >= 4 is 5.91 Å². The predicted molar refractivity (Wildman–Crippen MR) is 71.6 cm³/mol. The third kappa shape index (κ3) is 5.81. The molecule has 0 saturated heterocycles. The van der Waals surface area contributed by atoms with Gasteiger partial charge in [0, 0.05) is 5.57 Å². The van der Waals surface area contributed by atoms with Crippen molar-refractivity contribution in [1.29, 1.82) is 0 Å². The molecule has 0 heterocycles. The summed E-state index contributed by atoms with van der Waals surface area (Å²) in [7, 11) is 0. The number of hydrogen-bond acceptors (Lipinski definition) is 4. The van der Waals surface area contributed by atoms with Gasteiger partial charge in [-0.15, -0.1) is 0 Å². The molecule has 0 fully saturated rings. The van der Waals surface area contributed by atoms with E-state index in [4.69, 9.17) is 0 Å². The smallest absolute Gasteiger partial charge is 0.246 e. The first-order valence-corrected chi connectivity index (χ1v) is 6.20. The molecule has 0 aliphatic rings. The van der Waals surface area contributed by atoms with Crippen LogP contribution in [0.4, 0.5) is 0 Å². The van der Waals surface area contributed by atoms with Crippen molar-refractivity contribution in [3.63, 3.8) is 0 Å². The minimum Gasteiger partial charge on any atom is -0.348 e. The Morgan fingerprint density at radius 2 is 1.47 bits per heavy atom. The lowest BCUT2D eigenvalue weighted by Gasteiger charge is -2.36. The molecular formula is C12H26N4O. The maximum Gasteiger partial charge on any atom is 0.246 e. The number of carbonyl (C=O) groups excluding carboxylic acids is 1. The first kappa shape index (κ1) is 16.1. The van der Waals surface area contributed by atoms with Gasteiger partial charge in [-0.1, -0.05) is 27.4 Å². The molecule has 0 radical (unpaired) electrons. The summed E-state index contributed by atoms with van der Waals surface area (Å²) in [4.78, 5) is 11.5. The van der Waals surface area contributed by atoms with Gasteiger partial charge in [0.25, 0.3) is 0 Å². The minimum absolute atomic E-state index is 0.122. The monoisotopic (exact) mass is 242 g/mol. The van der Waals surface area contributed by atoms with Gasteiger partial charge in [-0.05, 0) is 26.6 Å².